The van der Waals surface area contributed by atoms with E-state index in [9.17, 15) is 0 Å². The molecule has 0 bridgehead atoms. The fraction of sp³-hybridized carbons (Fsp3) is 0.750. The maximum atomic E-state index is 4.53. The van der Waals surface area contributed by atoms with Gasteiger partial charge in [0, 0.05) is 18.4 Å². The number of hydrogen-bond acceptors (Lipinski definition) is 2. The summed E-state index contributed by atoms with van der Waals surface area (Å²) >= 11 is 7.13. The maximum Gasteiger partial charge on any atom is 0.0739 e. The van der Waals surface area contributed by atoms with Gasteiger partial charge in [0.1, 0.15) is 0 Å². The lowest BCUT2D eigenvalue weighted by Gasteiger charge is -2.20. The van der Waals surface area contributed by atoms with E-state index in [1.165, 1.54) is 12.1 Å². The molecule has 0 unspecified atom stereocenters. The van der Waals surface area contributed by atoms with Crippen LogP contribution >= 0.6 is 31.9 Å². The minimum atomic E-state index is 0.928. The Hall–Kier alpha value is 0.130. The topological polar surface area (TPSA) is 21.1 Å². The van der Waals surface area contributed by atoms with Crippen molar-refractivity contribution in [3.05, 3.63) is 15.9 Å². The van der Waals surface area contributed by atoms with E-state index in [4.69, 9.17) is 0 Å². The van der Waals surface area contributed by atoms with Gasteiger partial charge in [0.2, 0.25) is 0 Å². The first-order valence-electron chi connectivity index (χ1n) is 6.14. The Balaban J connectivity index is 2.77. The molecule has 0 aliphatic rings. The van der Waals surface area contributed by atoms with Gasteiger partial charge in [-0.3, -0.25) is 9.58 Å². The SMILES string of the molecule is CCN(CCCBr)Cc1c(Br)c(C)nn1CC. The lowest BCUT2D eigenvalue weighted by molar-refractivity contribution is 0.272. The molecule has 1 aromatic heterocycles. The first-order valence-corrected chi connectivity index (χ1v) is 8.05. The van der Waals surface area contributed by atoms with Crippen LogP contribution in [-0.2, 0) is 13.1 Å². The zero-order valence-electron chi connectivity index (χ0n) is 10.8. The summed E-state index contributed by atoms with van der Waals surface area (Å²) in [7, 11) is 0. The van der Waals surface area contributed by atoms with Gasteiger partial charge in [-0.2, -0.15) is 5.10 Å². The normalized spacial score (nSPS) is 11.4. The fourth-order valence-electron chi connectivity index (χ4n) is 1.86. The van der Waals surface area contributed by atoms with Crippen molar-refractivity contribution in [1.29, 1.82) is 0 Å². The molecule has 0 N–H and O–H groups in total. The molecule has 0 amide bonds. The molecule has 5 heteroatoms. The highest BCUT2D eigenvalue weighted by Crippen LogP contribution is 2.22. The van der Waals surface area contributed by atoms with Crippen molar-refractivity contribution in [2.24, 2.45) is 0 Å². The second-order valence-corrected chi connectivity index (χ2v) is 5.66. The summed E-state index contributed by atoms with van der Waals surface area (Å²) in [5.41, 5.74) is 2.37. The second kappa shape index (κ2) is 7.54. The zero-order chi connectivity index (χ0) is 12.8. The van der Waals surface area contributed by atoms with Crippen molar-refractivity contribution in [2.45, 2.75) is 40.3 Å². The van der Waals surface area contributed by atoms with Crippen LogP contribution in [0.5, 0.6) is 0 Å². The third kappa shape index (κ3) is 4.07. The molecule has 0 aliphatic heterocycles. The van der Waals surface area contributed by atoms with Crippen LogP contribution in [0.25, 0.3) is 0 Å². The molecule has 17 heavy (non-hydrogen) atoms. The van der Waals surface area contributed by atoms with Crippen molar-refractivity contribution in [2.75, 3.05) is 18.4 Å². The Kier molecular flexibility index (Phi) is 6.74. The molecule has 0 radical (unpaired) electrons. The standard InChI is InChI=1S/C12H21Br2N3/c1-4-16(8-6-7-13)9-11-12(14)10(3)15-17(11)5-2/h4-9H2,1-3H3. The number of aryl methyl sites for hydroxylation is 2. The van der Waals surface area contributed by atoms with Crippen molar-refractivity contribution in [3.8, 4) is 0 Å². The first kappa shape index (κ1) is 15.2. The van der Waals surface area contributed by atoms with E-state index in [1.54, 1.807) is 0 Å². The maximum absolute atomic E-state index is 4.53. The summed E-state index contributed by atoms with van der Waals surface area (Å²) in [5, 5.41) is 5.60. The van der Waals surface area contributed by atoms with Crippen LogP contribution in [0.15, 0.2) is 4.47 Å². The van der Waals surface area contributed by atoms with Crippen LogP contribution in [0.1, 0.15) is 31.7 Å². The van der Waals surface area contributed by atoms with E-state index in [2.05, 4.69) is 67.3 Å². The molecule has 1 heterocycles. The minimum absolute atomic E-state index is 0.928. The Bertz CT molecular complexity index is 350. The largest absolute Gasteiger partial charge is 0.298 e. The Morgan fingerprint density at radius 1 is 1.35 bits per heavy atom. The van der Waals surface area contributed by atoms with Crippen LogP contribution in [0.2, 0.25) is 0 Å². The van der Waals surface area contributed by atoms with Crippen LogP contribution in [0.4, 0.5) is 0 Å². The summed E-state index contributed by atoms with van der Waals surface area (Å²) < 4.78 is 3.26. The lowest BCUT2D eigenvalue weighted by Crippen LogP contribution is -2.26. The van der Waals surface area contributed by atoms with Crippen LogP contribution in [0.3, 0.4) is 0 Å². The third-order valence-electron chi connectivity index (χ3n) is 2.88. The van der Waals surface area contributed by atoms with E-state index >= 15 is 0 Å². The molecular formula is C12H21Br2N3. The third-order valence-corrected chi connectivity index (χ3v) is 4.47. The van der Waals surface area contributed by atoms with Crippen molar-refractivity contribution >= 4 is 31.9 Å². The van der Waals surface area contributed by atoms with Gasteiger partial charge >= 0.3 is 0 Å². The van der Waals surface area contributed by atoms with E-state index in [0.717, 1.165) is 41.7 Å². The average Bonchev–Trinajstić information content (AvgIpc) is 2.61. The predicted octanol–water partition coefficient (Wildman–Crippen LogP) is 3.58. The van der Waals surface area contributed by atoms with Gasteiger partial charge in [-0.15, -0.1) is 0 Å². The van der Waals surface area contributed by atoms with Gasteiger partial charge in [0.25, 0.3) is 0 Å². The summed E-state index contributed by atoms with van der Waals surface area (Å²) in [5.74, 6) is 0. The molecule has 1 rings (SSSR count). The average molecular weight is 367 g/mol. The van der Waals surface area contributed by atoms with Crippen molar-refractivity contribution < 1.29 is 0 Å². The molecule has 0 fully saturated rings. The van der Waals surface area contributed by atoms with E-state index in [-0.39, 0.29) is 0 Å². The van der Waals surface area contributed by atoms with E-state index in [0.29, 0.717) is 0 Å². The molecule has 0 aliphatic carbocycles. The Morgan fingerprint density at radius 3 is 2.59 bits per heavy atom. The van der Waals surface area contributed by atoms with Gasteiger partial charge < -0.3 is 0 Å². The first-order chi connectivity index (χ1) is 8.13. The highest BCUT2D eigenvalue weighted by atomic mass is 79.9. The minimum Gasteiger partial charge on any atom is -0.298 e. The van der Waals surface area contributed by atoms with Gasteiger partial charge in [-0.1, -0.05) is 22.9 Å². The van der Waals surface area contributed by atoms with Gasteiger partial charge in [0.05, 0.1) is 15.9 Å². The molecule has 0 atom stereocenters. The molecule has 0 aromatic carbocycles. The number of hydrogen-bond donors (Lipinski definition) is 0. The highest BCUT2D eigenvalue weighted by molar-refractivity contribution is 9.10. The zero-order valence-corrected chi connectivity index (χ0v) is 14.0. The molecule has 98 valence electrons. The summed E-state index contributed by atoms with van der Waals surface area (Å²) in [6.45, 7) is 10.5. The monoisotopic (exact) mass is 365 g/mol. The molecule has 0 saturated carbocycles. The van der Waals surface area contributed by atoms with E-state index < -0.39 is 0 Å². The number of rotatable bonds is 7. The van der Waals surface area contributed by atoms with Crippen molar-refractivity contribution in [1.82, 2.24) is 14.7 Å². The highest BCUT2D eigenvalue weighted by Gasteiger charge is 2.14. The fourth-order valence-corrected chi connectivity index (χ4v) is 2.52. The number of alkyl halides is 1. The van der Waals surface area contributed by atoms with E-state index in [1.807, 2.05) is 0 Å². The molecular weight excluding hydrogens is 346 g/mol. The number of aromatic nitrogens is 2. The predicted molar refractivity (Wildman–Crippen MR) is 79.7 cm³/mol. The number of nitrogens with zero attached hydrogens (tertiary/aromatic N) is 3. The van der Waals surface area contributed by atoms with Gasteiger partial charge in [-0.05, 0) is 49.3 Å². The van der Waals surface area contributed by atoms with Crippen LogP contribution in [-0.4, -0.2) is 33.1 Å². The number of halogens is 2. The molecule has 3 nitrogen and oxygen atoms in total. The van der Waals surface area contributed by atoms with Gasteiger partial charge in [-0.25, -0.2) is 0 Å². The molecule has 1 aromatic rings. The Morgan fingerprint density at radius 2 is 2.06 bits per heavy atom. The summed E-state index contributed by atoms with van der Waals surface area (Å²) in [4.78, 5) is 2.45. The smallest absolute Gasteiger partial charge is 0.0739 e. The Labute approximate surface area is 121 Å². The molecule has 0 spiro atoms. The van der Waals surface area contributed by atoms with Crippen molar-refractivity contribution in [3.63, 3.8) is 0 Å². The summed E-state index contributed by atoms with van der Waals surface area (Å²) in [6, 6.07) is 0. The van der Waals surface area contributed by atoms with Crippen LogP contribution < -0.4 is 0 Å². The quantitative estimate of drug-likeness (QED) is 0.687. The lowest BCUT2D eigenvalue weighted by atomic mass is 10.3. The second-order valence-electron chi connectivity index (χ2n) is 4.07. The molecule has 0 saturated heterocycles. The van der Waals surface area contributed by atoms with Gasteiger partial charge in [0.15, 0.2) is 0 Å². The van der Waals surface area contributed by atoms with Crippen LogP contribution in [0, 0.1) is 6.92 Å². The summed E-state index contributed by atoms with van der Waals surface area (Å²) in [6.07, 6.45) is 1.19.